The lowest BCUT2D eigenvalue weighted by Gasteiger charge is -2.36. The number of likely N-dealkylation sites (tertiary alicyclic amines) is 1. The van der Waals surface area contributed by atoms with Gasteiger partial charge in [-0.3, -0.25) is 4.90 Å². The number of nitrogens with zero attached hydrogens (tertiary/aromatic N) is 1. The first kappa shape index (κ1) is 20.8. The molecule has 0 aliphatic carbocycles. The number of halogens is 2. The molecule has 1 aliphatic heterocycles. The SMILES string of the molecule is CC(c1cccc(Oc2ccc(Cl)cc2)c1Cl)N1CCC(CNC(=O)O)CC1. The minimum atomic E-state index is -0.958. The van der Waals surface area contributed by atoms with Gasteiger partial charge in [0.25, 0.3) is 0 Å². The number of hydrogen-bond acceptors (Lipinski definition) is 3. The molecule has 28 heavy (non-hydrogen) atoms. The molecule has 1 atom stereocenters. The molecule has 2 aromatic rings. The third-order valence-electron chi connectivity index (χ3n) is 5.22. The Morgan fingerprint density at radius 2 is 1.89 bits per heavy atom. The van der Waals surface area contributed by atoms with Crippen LogP contribution in [-0.4, -0.2) is 35.7 Å². The summed E-state index contributed by atoms with van der Waals surface area (Å²) >= 11 is 12.6. The Labute approximate surface area is 175 Å². The van der Waals surface area contributed by atoms with Gasteiger partial charge in [0.15, 0.2) is 0 Å². The largest absolute Gasteiger partial charge is 0.465 e. The van der Waals surface area contributed by atoms with Gasteiger partial charge >= 0.3 is 6.09 Å². The van der Waals surface area contributed by atoms with E-state index in [0.717, 1.165) is 31.5 Å². The highest BCUT2D eigenvalue weighted by Gasteiger charge is 2.25. The Morgan fingerprint density at radius 3 is 2.54 bits per heavy atom. The van der Waals surface area contributed by atoms with Crippen molar-refractivity contribution in [3.05, 3.63) is 58.1 Å². The number of hydrogen-bond donors (Lipinski definition) is 2. The molecule has 0 bridgehead atoms. The average Bonchev–Trinajstić information content (AvgIpc) is 2.69. The van der Waals surface area contributed by atoms with Crippen LogP contribution in [0.3, 0.4) is 0 Å². The van der Waals surface area contributed by atoms with Crippen molar-refractivity contribution in [1.82, 2.24) is 10.2 Å². The van der Waals surface area contributed by atoms with Crippen LogP contribution < -0.4 is 10.1 Å². The maximum Gasteiger partial charge on any atom is 0.404 e. The number of carboxylic acid groups (broad SMARTS) is 1. The Bertz CT molecular complexity index is 806. The summed E-state index contributed by atoms with van der Waals surface area (Å²) in [5.41, 5.74) is 1.02. The Balaban J connectivity index is 1.65. The minimum absolute atomic E-state index is 0.148. The molecule has 0 saturated carbocycles. The third-order valence-corrected chi connectivity index (χ3v) is 5.88. The molecule has 1 saturated heterocycles. The lowest BCUT2D eigenvalue weighted by Crippen LogP contribution is -2.39. The monoisotopic (exact) mass is 422 g/mol. The maximum absolute atomic E-state index is 10.7. The summed E-state index contributed by atoms with van der Waals surface area (Å²) in [7, 11) is 0. The minimum Gasteiger partial charge on any atom is -0.465 e. The van der Waals surface area contributed by atoms with Gasteiger partial charge in [-0.2, -0.15) is 0 Å². The molecular weight excluding hydrogens is 399 g/mol. The molecule has 5 nitrogen and oxygen atoms in total. The van der Waals surface area contributed by atoms with Gasteiger partial charge in [0.2, 0.25) is 0 Å². The van der Waals surface area contributed by atoms with Gasteiger partial charge < -0.3 is 15.2 Å². The number of rotatable bonds is 6. The number of nitrogens with one attached hydrogen (secondary N) is 1. The van der Waals surface area contributed by atoms with Crippen molar-refractivity contribution in [2.45, 2.75) is 25.8 Å². The third kappa shape index (κ3) is 5.31. The lowest BCUT2D eigenvalue weighted by molar-refractivity contribution is 0.137. The van der Waals surface area contributed by atoms with Gasteiger partial charge in [-0.25, -0.2) is 4.79 Å². The molecule has 0 aromatic heterocycles. The van der Waals surface area contributed by atoms with Crippen molar-refractivity contribution in [3.8, 4) is 11.5 Å². The van der Waals surface area contributed by atoms with Crippen molar-refractivity contribution < 1.29 is 14.6 Å². The summed E-state index contributed by atoms with van der Waals surface area (Å²) in [5, 5.41) is 12.5. The fourth-order valence-electron chi connectivity index (χ4n) is 3.53. The topological polar surface area (TPSA) is 61.8 Å². The number of amides is 1. The van der Waals surface area contributed by atoms with Crippen LogP contribution in [0.15, 0.2) is 42.5 Å². The van der Waals surface area contributed by atoms with E-state index in [1.54, 1.807) is 12.1 Å². The predicted molar refractivity (Wildman–Crippen MR) is 112 cm³/mol. The van der Waals surface area contributed by atoms with E-state index in [0.29, 0.717) is 34.0 Å². The molecule has 1 aliphatic rings. The zero-order valence-electron chi connectivity index (χ0n) is 15.7. The van der Waals surface area contributed by atoms with E-state index in [1.807, 2.05) is 30.3 Å². The number of piperidine rings is 1. The normalized spacial score (nSPS) is 16.5. The number of benzene rings is 2. The second kappa shape index (κ2) is 9.50. The van der Waals surface area contributed by atoms with Crippen LogP contribution in [0, 0.1) is 5.92 Å². The molecule has 2 N–H and O–H groups in total. The molecule has 0 radical (unpaired) electrons. The predicted octanol–water partition coefficient (Wildman–Crippen LogP) is 5.83. The van der Waals surface area contributed by atoms with Gasteiger partial charge in [0.05, 0.1) is 5.02 Å². The highest BCUT2D eigenvalue weighted by molar-refractivity contribution is 6.33. The van der Waals surface area contributed by atoms with E-state index in [4.69, 9.17) is 33.0 Å². The van der Waals surface area contributed by atoms with E-state index in [2.05, 4.69) is 17.1 Å². The summed E-state index contributed by atoms with van der Waals surface area (Å²) < 4.78 is 5.94. The Kier molecular flexibility index (Phi) is 7.05. The summed E-state index contributed by atoms with van der Waals surface area (Å²) in [6.45, 7) is 4.48. The fourth-order valence-corrected chi connectivity index (χ4v) is 3.98. The zero-order chi connectivity index (χ0) is 20.1. The summed E-state index contributed by atoms with van der Waals surface area (Å²) in [6.07, 6.45) is 0.965. The molecule has 0 spiro atoms. The first-order valence-corrected chi connectivity index (χ1v) is 10.1. The second-order valence-corrected chi connectivity index (χ2v) is 7.87. The first-order valence-electron chi connectivity index (χ1n) is 9.36. The van der Waals surface area contributed by atoms with Crippen LogP contribution in [-0.2, 0) is 0 Å². The van der Waals surface area contributed by atoms with Crippen LogP contribution in [0.1, 0.15) is 31.4 Å². The molecule has 1 heterocycles. The standard InChI is InChI=1S/C21H24Cl2N2O3/c1-14(25-11-9-15(10-12-25)13-24-21(26)27)18-3-2-4-19(20(18)23)28-17-7-5-16(22)6-8-17/h2-8,14-15,24H,9-13H2,1H3,(H,26,27). The maximum atomic E-state index is 10.7. The molecule has 1 fully saturated rings. The Hall–Kier alpha value is -1.95. The van der Waals surface area contributed by atoms with Crippen LogP contribution in [0.4, 0.5) is 4.79 Å². The van der Waals surface area contributed by atoms with E-state index >= 15 is 0 Å². The van der Waals surface area contributed by atoms with Gasteiger partial charge in [0, 0.05) is 17.6 Å². The zero-order valence-corrected chi connectivity index (χ0v) is 17.2. The molecule has 7 heteroatoms. The molecule has 1 unspecified atom stereocenters. The van der Waals surface area contributed by atoms with Gasteiger partial charge in [-0.05, 0) is 74.7 Å². The average molecular weight is 423 g/mol. The molecule has 3 rings (SSSR count). The van der Waals surface area contributed by atoms with E-state index in [1.165, 1.54) is 0 Å². The fraction of sp³-hybridized carbons (Fsp3) is 0.381. The highest BCUT2D eigenvalue weighted by atomic mass is 35.5. The van der Waals surface area contributed by atoms with Crippen molar-refractivity contribution in [3.63, 3.8) is 0 Å². The van der Waals surface area contributed by atoms with Crippen molar-refractivity contribution in [1.29, 1.82) is 0 Å². The smallest absolute Gasteiger partial charge is 0.404 e. The quantitative estimate of drug-likeness (QED) is 0.614. The highest BCUT2D eigenvalue weighted by Crippen LogP contribution is 2.37. The van der Waals surface area contributed by atoms with Crippen molar-refractivity contribution in [2.24, 2.45) is 5.92 Å². The van der Waals surface area contributed by atoms with Crippen LogP contribution in [0.5, 0.6) is 11.5 Å². The van der Waals surface area contributed by atoms with Gasteiger partial charge in [0.1, 0.15) is 11.5 Å². The van der Waals surface area contributed by atoms with Crippen molar-refractivity contribution in [2.75, 3.05) is 19.6 Å². The second-order valence-electron chi connectivity index (χ2n) is 7.06. The van der Waals surface area contributed by atoms with Crippen molar-refractivity contribution >= 4 is 29.3 Å². The molecular formula is C21H24Cl2N2O3. The van der Waals surface area contributed by atoms with E-state index in [-0.39, 0.29) is 6.04 Å². The van der Waals surface area contributed by atoms with Gasteiger partial charge in [-0.1, -0.05) is 35.3 Å². The summed E-state index contributed by atoms with van der Waals surface area (Å²) in [6, 6.07) is 13.2. The molecule has 2 aromatic carbocycles. The van der Waals surface area contributed by atoms with Crippen LogP contribution >= 0.6 is 23.2 Å². The molecule has 150 valence electrons. The van der Waals surface area contributed by atoms with Gasteiger partial charge in [-0.15, -0.1) is 0 Å². The van der Waals surface area contributed by atoms with E-state index in [9.17, 15) is 4.79 Å². The summed E-state index contributed by atoms with van der Waals surface area (Å²) in [5.74, 6) is 1.69. The molecule has 1 amide bonds. The summed E-state index contributed by atoms with van der Waals surface area (Å²) in [4.78, 5) is 13.0. The van der Waals surface area contributed by atoms with Crippen LogP contribution in [0.25, 0.3) is 0 Å². The van der Waals surface area contributed by atoms with E-state index < -0.39 is 6.09 Å². The number of carbonyl (C=O) groups is 1. The number of ether oxygens (including phenoxy) is 1. The van der Waals surface area contributed by atoms with Crippen LogP contribution in [0.2, 0.25) is 10.0 Å². The Morgan fingerprint density at radius 1 is 1.21 bits per heavy atom. The first-order chi connectivity index (χ1) is 13.4. The lowest BCUT2D eigenvalue weighted by atomic mass is 9.94.